The standard InChI is InChI=1S/C23H23F3N4O3/c1-10(2)28-12-7-29(8-12)21-11(3)20-13(4-17(21)26)22(31)14(23(32)33)9-30(20)19-6-18(27)15(24)5-16(19)25/h4-6,9-10,12,28H,7-8,27H2,1-3H3,(H,32,33). The van der Waals surface area contributed by atoms with Crippen molar-refractivity contribution in [3.8, 4) is 5.69 Å². The van der Waals surface area contributed by atoms with Crippen molar-refractivity contribution in [1.29, 1.82) is 0 Å². The number of pyridine rings is 1. The summed E-state index contributed by atoms with van der Waals surface area (Å²) in [5.41, 5.74) is 4.09. The number of nitrogens with zero attached hydrogens (tertiary/aromatic N) is 2. The Bertz CT molecular complexity index is 1350. The van der Waals surface area contributed by atoms with Gasteiger partial charge in [0.15, 0.2) is 0 Å². The van der Waals surface area contributed by atoms with E-state index < -0.39 is 34.4 Å². The molecule has 0 atom stereocenters. The molecule has 3 aromatic rings. The van der Waals surface area contributed by atoms with Crippen LogP contribution < -0.4 is 21.4 Å². The molecule has 2 aromatic carbocycles. The van der Waals surface area contributed by atoms with Gasteiger partial charge in [0, 0.05) is 43.0 Å². The molecule has 1 aliphatic rings. The van der Waals surface area contributed by atoms with Gasteiger partial charge in [0.2, 0.25) is 5.43 Å². The molecule has 10 heteroatoms. The van der Waals surface area contributed by atoms with Gasteiger partial charge in [-0.3, -0.25) is 4.79 Å². The molecule has 0 amide bonds. The number of carboxylic acids is 1. The van der Waals surface area contributed by atoms with E-state index in [9.17, 15) is 23.5 Å². The summed E-state index contributed by atoms with van der Waals surface area (Å²) in [6.07, 6.45) is 0.955. The maximum Gasteiger partial charge on any atom is 0.341 e. The van der Waals surface area contributed by atoms with E-state index >= 15 is 4.39 Å². The maximum atomic E-state index is 15.2. The topological polar surface area (TPSA) is 101 Å². The number of aryl methyl sites for hydroxylation is 1. The molecule has 4 rings (SSSR count). The van der Waals surface area contributed by atoms with Crippen LogP contribution in [0.15, 0.2) is 29.2 Å². The number of hydrogen-bond donors (Lipinski definition) is 3. The number of carboxylic acid groups (broad SMARTS) is 1. The van der Waals surface area contributed by atoms with E-state index in [2.05, 4.69) is 5.32 Å². The molecule has 0 aliphatic carbocycles. The third-order valence-electron chi connectivity index (χ3n) is 5.77. The number of halogens is 3. The molecule has 0 unspecified atom stereocenters. The normalized spacial score (nSPS) is 14.2. The number of anilines is 2. The molecule has 33 heavy (non-hydrogen) atoms. The highest BCUT2D eigenvalue weighted by Crippen LogP contribution is 2.35. The maximum absolute atomic E-state index is 15.2. The van der Waals surface area contributed by atoms with Crippen molar-refractivity contribution in [2.75, 3.05) is 23.7 Å². The molecule has 2 heterocycles. The minimum absolute atomic E-state index is 0.117. The molecule has 0 saturated carbocycles. The molecular weight excluding hydrogens is 437 g/mol. The molecule has 0 spiro atoms. The zero-order chi connectivity index (χ0) is 24.2. The zero-order valence-corrected chi connectivity index (χ0v) is 18.2. The molecule has 1 saturated heterocycles. The molecule has 4 N–H and O–H groups in total. The van der Waals surface area contributed by atoms with Crippen molar-refractivity contribution in [3.63, 3.8) is 0 Å². The average molecular weight is 460 g/mol. The second-order valence-corrected chi connectivity index (χ2v) is 8.52. The second-order valence-electron chi connectivity index (χ2n) is 8.52. The molecular formula is C23H23F3N4O3. The lowest BCUT2D eigenvalue weighted by atomic mass is 10.00. The minimum Gasteiger partial charge on any atom is -0.477 e. The van der Waals surface area contributed by atoms with Gasteiger partial charge < -0.3 is 25.6 Å². The van der Waals surface area contributed by atoms with Gasteiger partial charge in [-0.2, -0.15) is 0 Å². The highest BCUT2D eigenvalue weighted by Gasteiger charge is 2.32. The van der Waals surface area contributed by atoms with Gasteiger partial charge in [-0.15, -0.1) is 0 Å². The van der Waals surface area contributed by atoms with Gasteiger partial charge in [0.25, 0.3) is 0 Å². The largest absolute Gasteiger partial charge is 0.477 e. The number of aromatic nitrogens is 1. The van der Waals surface area contributed by atoms with Crippen LogP contribution in [0.5, 0.6) is 0 Å². The number of nitrogen functional groups attached to an aromatic ring is 1. The van der Waals surface area contributed by atoms with Gasteiger partial charge in [-0.05, 0) is 19.1 Å². The van der Waals surface area contributed by atoms with Crippen LogP contribution in [0, 0.1) is 24.4 Å². The Hall–Kier alpha value is -3.53. The predicted octanol–water partition coefficient (Wildman–Crippen LogP) is 3.18. The minimum atomic E-state index is -1.56. The number of benzene rings is 2. The van der Waals surface area contributed by atoms with Crippen LogP contribution in [0.25, 0.3) is 16.6 Å². The molecule has 1 aromatic heterocycles. The van der Waals surface area contributed by atoms with Gasteiger partial charge in [0.1, 0.15) is 23.0 Å². The predicted molar refractivity (Wildman–Crippen MR) is 120 cm³/mol. The van der Waals surface area contributed by atoms with Crippen LogP contribution in [0.3, 0.4) is 0 Å². The quantitative estimate of drug-likeness (QED) is 0.506. The van der Waals surface area contributed by atoms with Gasteiger partial charge in [0.05, 0.1) is 28.0 Å². The van der Waals surface area contributed by atoms with Gasteiger partial charge in [-0.1, -0.05) is 13.8 Å². The van der Waals surface area contributed by atoms with E-state index in [1.54, 1.807) is 11.8 Å². The van der Waals surface area contributed by atoms with Crippen molar-refractivity contribution < 1.29 is 23.1 Å². The summed E-state index contributed by atoms with van der Waals surface area (Å²) in [6, 6.07) is 2.97. The Morgan fingerprint density at radius 2 is 1.82 bits per heavy atom. The summed E-state index contributed by atoms with van der Waals surface area (Å²) < 4.78 is 44.8. The van der Waals surface area contributed by atoms with E-state index in [1.165, 1.54) is 0 Å². The van der Waals surface area contributed by atoms with Crippen LogP contribution in [0.4, 0.5) is 24.5 Å². The van der Waals surface area contributed by atoms with Crippen molar-refractivity contribution in [2.45, 2.75) is 32.9 Å². The van der Waals surface area contributed by atoms with Crippen molar-refractivity contribution in [1.82, 2.24) is 9.88 Å². The summed E-state index contributed by atoms with van der Waals surface area (Å²) in [6.45, 7) is 6.64. The van der Waals surface area contributed by atoms with E-state index in [4.69, 9.17) is 5.73 Å². The molecule has 7 nitrogen and oxygen atoms in total. The molecule has 174 valence electrons. The van der Waals surface area contributed by atoms with Crippen LogP contribution in [-0.4, -0.2) is 40.8 Å². The first-order valence-corrected chi connectivity index (χ1v) is 10.4. The van der Waals surface area contributed by atoms with Crippen LogP contribution in [0.2, 0.25) is 0 Å². The SMILES string of the molecule is Cc1c(N2CC(NC(C)C)C2)c(F)cc2c(=O)c(C(=O)O)cn(-c3cc(N)c(F)cc3F)c12. The average Bonchev–Trinajstić information content (AvgIpc) is 2.69. The lowest BCUT2D eigenvalue weighted by molar-refractivity contribution is 0.0695. The summed E-state index contributed by atoms with van der Waals surface area (Å²) in [5, 5.41) is 12.6. The Kier molecular flexibility index (Phi) is 5.57. The van der Waals surface area contributed by atoms with E-state index in [0.717, 1.165) is 22.9 Å². The monoisotopic (exact) mass is 460 g/mol. The summed E-state index contributed by atoms with van der Waals surface area (Å²) in [7, 11) is 0. The number of nitrogens with two attached hydrogens (primary N) is 1. The number of hydrogen-bond acceptors (Lipinski definition) is 5. The highest BCUT2D eigenvalue weighted by atomic mass is 19.1. The number of nitrogens with one attached hydrogen (secondary N) is 1. The second kappa shape index (κ2) is 8.11. The third-order valence-corrected chi connectivity index (χ3v) is 5.77. The molecule has 0 radical (unpaired) electrons. The lowest BCUT2D eigenvalue weighted by Gasteiger charge is -2.43. The Morgan fingerprint density at radius 1 is 1.15 bits per heavy atom. The Balaban J connectivity index is 1.99. The summed E-state index contributed by atoms with van der Waals surface area (Å²) >= 11 is 0. The number of rotatable bonds is 5. The first-order chi connectivity index (χ1) is 15.5. The number of aromatic carboxylic acids is 1. The fourth-order valence-electron chi connectivity index (χ4n) is 4.34. The Labute approximate surface area is 187 Å². The number of carbonyl (C=O) groups is 1. The Morgan fingerprint density at radius 3 is 2.42 bits per heavy atom. The van der Waals surface area contributed by atoms with Crippen molar-refractivity contribution >= 4 is 28.2 Å². The van der Waals surface area contributed by atoms with Gasteiger partial charge >= 0.3 is 5.97 Å². The van der Waals surface area contributed by atoms with Crippen molar-refractivity contribution in [3.05, 3.63) is 63.2 Å². The van der Waals surface area contributed by atoms with Gasteiger partial charge in [-0.25, -0.2) is 18.0 Å². The molecule has 1 aliphatic heterocycles. The molecule has 1 fully saturated rings. The van der Waals surface area contributed by atoms with E-state index in [-0.39, 0.29) is 40.0 Å². The zero-order valence-electron chi connectivity index (χ0n) is 18.2. The molecule has 0 bridgehead atoms. The summed E-state index contributed by atoms with van der Waals surface area (Å²) in [5.74, 6) is -4.24. The van der Waals surface area contributed by atoms with Crippen molar-refractivity contribution in [2.24, 2.45) is 0 Å². The third kappa shape index (κ3) is 3.80. The first kappa shape index (κ1) is 22.7. The lowest BCUT2D eigenvalue weighted by Crippen LogP contribution is -2.60. The first-order valence-electron chi connectivity index (χ1n) is 10.4. The highest BCUT2D eigenvalue weighted by molar-refractivity contribution is 5.96. The van der Waals surface area contributed by atoms with Crippen LogP contribution in [0.1, 0.15) is 29.8 Å². The fourth-order valence-corrected chi connectivity index (χ4v) is 4.34. The van der Waals surface area contributed by atoms with E-state index in [0.29, 0.717) is 24.7 Å². The summed E-state index contributed by atoms with van der Waals surface area (Å²) in [4.78, 5) is 26.3. The van der Waals surface area contributed by atoms with E-state index in [1.807, 2.05) is 13.8 Å². The fraction of sp³-hybridized carbons (Fsp3) is 0.304. The van der Waals surface area contributed by atoms with Crippen LogP contribution in [-0.2, 0) is 0 Å². The van der Waals surface area contributed by atoms with Crippen LogP contribution >= 0.6 is 0 Å². The number of fused-ring (bicyclic) bond motifs is 1. The smallest absolute Gasteiger partial charge is 0.341 e.